The smallest absolute Gasteiger partial charge is 0.407 e. The van der Waals surface area contributed by atoms with Gasteiger partial charge < -0.3 is 20.7 Å². The summed E-state index contributed by atoms with van der Waals surface area (Å²) in [6.07, 6.45) is 5.65. The molecule has 0 fully saturated rings. The Kier molecular flexibility index (Phi) is 10.8. The molecular formula is C15H28N4O2. The van der Waals surface area contributed by atoms with Crippen molar-refractivity contribution in [3.05, 3.63) is 0 Å². The first kappa shape index (κ1) is 19.1. The number of hydrogen-bond donors (Lipinski definition) is 3. The molecule has 0 aliphatic carbocycles. The molecule has 120 valence electrons. The average molecular weight is 296 g/mol. The molecule has 0 heterocycles. The quantitative estimate of drug-likeness (QED) is 0.359. The van der Waals surface area contributed by atoms with Crippen LogP contribution in [0.15, 0.2) is 4.99 Å². The molecular weight excluding hydrogens is 268 g/mol. The second kappa shape index (κ2) is 11.9. The minimum atomic E-state index is -0.403. The molecule has 6 heteroatoms. The topological polar surface area (TPSA) is 74.8 Å². The van der Waals surface area contributed by atoms with Crippen LogP contribution in [0.2, 0.25) is 0 Å². The lowest BCUT2D eigenvalue weighted by molar-refractivity contribution is 0.147. The zero-order valence-electron chi connectivity index (χ0n) is 13.5. The number of ether oxygens (including phenoxy) is 1. The maximum absolute atomic E-state index is 11.5. The summed E-state index contributed by atoms with van der Waals surface area (Å²) in [4.78, 5) is 16.0. The number of amides is 1. The highest BCUT2D eigenvalue weighted by Gasteiger charge is 2.14. The molecule has 6 nitrogen and oxygen atoms in total. The number of guanidine groups is 1. The molecule has 21 heavy (non-hydrogen) atoms. The lowest BCUT2D eigenvalue weighted by atomic mass is 10.0. The zero-order chi connectivity index (χ0) is 16.1. The van der Waals surface area contributed by atoms with Gasteiger partial charge in [-0.2, -0.15) is 0 Å². The Hall–Kier alpha value is -1.90. The molecule has 0 aromatic rings. The number of aliphatic imine (C=N–C) groups is 1. The molecule has 0 rings (SSSR count). The van der Waals surface area contributed by atoms with Gasteiger partial charge in [-0.05, 0) is 26.2 Å². The molecule has 3 N–H and O–H groups in total. The van der Waals surface area contributed by atoms with Crippen molar-refractivity contribution in [1.29, 1.82) is 0 Å². The van der Waals surface area contributed by atoms with Crippen LogP contribution in [0.3, 0.4) is 0 Å². The first-order valence-electron chi connectivity index (χ1n) is 7.42. The SMILES string of the molecule is C#CCNC(=NCC(CC(C)C)NC(=O)OCC)NCC. The Labute approximate surface area is 128 Å². The van der Waals surface area contributed by atoms with Gasteiger partial charge in [0, 0.05) is 6.54 Å². The fourth-order valence-electron chi connectivity index (χ4n) is 1.77. The molecule has 0 saturated heterocycles. The van der Waals surface area contributed by atoms with Gasteiger partial charge in [-0.15, -0.1) is 6.42 Å². The third-order valence-electron chi connectivity index (χ3n) is 2.53. The van der Waals surface area contributed by atoms with E-state index in [-0.39, 0.29) is 6.04 Å². The van der Waals surface area contributed by atoms with E-state index in [0.29, 0.717) is 31.6 Å². The van der Waals surface area contributed by atoms with Crippen molar-refractivity contribution >= 4 is 12.1 Å². The van der Waals surface area contributed by atoms with E-state index in [2.05, 4.69) is 40.7 Å². The average Bonchev–Trinajstić information content (AvgIpc) is 2.41. The number of nitrogens with one attached hydrogen (secondary N) is 3. The summed E-state index contributed by atoms with van der Waals surface area (Å²) < 4.78 is 4.92. The van der Waals surface area contributed by atoms with Gasteiger partial charge in [-0.1, -0.05) is 19.8 Å². The van der Waals surface area contributed by atoms with E-state index in [1.54, 1.807) is 6.92 Å². The third kappa shape index (κ3) is 10.5. The number of rotatable bonds is 8. The van der Waals surface area contributed by atoms with E-state index in [9.17, 15) is 4.79 Å². The van der Waals surface area contributed by atoms with Crippen LogP contribution in [0.1, 0.15) is 34.1 Å². The van der Waals surface area contributed by atoms with E-state index in [1.165, 1.54) is 0 Å². The number of alkyl carbamates (subject to hydrolysis) is 1. The van der Waals surface area contributed by atoms with Crippen LogP contribution in [0.5, 0.6) is 0 Å². The van der Waals surface area contributed by atoms with Crippen LogP contribution < -0.4 is 16.0 Å². The van der Waals surface area contributed by atoms with Crippen molar-refractivity contribution in [2.45, 2.75) is 40.2 Å². The van der Waals surface area contributed by atoms with Crippen molar-refractivity contribution in [2.24, 2.45) is 10.9 Å². The van der Waals surface area contributed by atoms with Crippen LogP contribution >= 0.6 is 0 Å². The number of hydrogen-bond acceptors (Lipinski definition) is 3. The Balaban J connectivity index is 4.60. The number of carbonyl (C=O) groups is 1. The Morgan fingerprint density at radius 1 is 1.33 bits per heavy atom. The fraction of sp³-hybridized carbons (Fsp3) is 0.733. The normalized spacial score (nSPS) is 12.5. The highest BCUT2D eigenvalue weighted by Crippen LogP contribution is 2.05. The minimum Gasteiger partial charge on any atom is -0.450 e. The largest absolute Gasteiger partial charge is 0.450 e. The van der Waals surface area contributed by atoms with Crippen LogP contribution in [-0.4, -0.2) is 44.3 Å². The van der Waals surface area contributed by atoms with Gasteiger partial charge in [0.2, 0.25) is 0 Å². The predicted molar refractivity (Wildman–Crippen MR) is 86.2 cm³/mol. The van der Waals surface area contributed by atoms with E-state index in [4.69, 9.17) is 11.2 Å². The third-order valence-corrected chi connectivity index (χ3v) is 2.53. The van der Waals surface area contributed by atoms with Gasteiger partial charge >= 0.3 is 6.09 Å². The Morgan fingerprint density at radius 2 is 2.05 bits per heavy atom. The number of terminal acetylenes is 1. The maximum atomic E-state index is 11.5. The van der Waals surface area contributed by atoms with Crippen molar-refractivity contribution in [3.63, 3.8) is 0 Å². The van der Waals surface area contributed by atoms with E-state index >= 15 is 0 Å². The predicted octanol–water partition coefficient (Wildman–Crippen LogP) is 1.34. The molecule has 0 aromatic carbocycles. The summed E-state index contributed by atoms with van der Waals surface area (Å²) in [7, 11) is 0. The van der Waals surface area contributed by atoms with E-state index < -0.39 is 6.09 Å². The lowest BCUT2D eigenvalue weighted by Crippen LogP contribution is -2.41. The first-order valence-corrected chi connectivity index (χ1v) is 7.42. The van der Waals surface area contributed by atoms with Gasteiger partial charge in [0.1, 0.15) is 0 Å². The summed E-state index contributed by atoms with van der Waals surface area (Å²) in [5, 5.41) is 8.96. The van der Waals surface area contributed by atoms with E-state index in [0.717, 1.165) is 13.0 Å². The summed E-state index contributed by atoms with van der Waals surface area (Å²) in [5.74, 6) is 3.60. The van der Waals surface area contributed by atoms with Crippen LogP contribution in [0, 0.1) is 18.3 Å². The van der Waals surface area contributed by atoms with Gasteiger partial charge in [0.05, 0.1) is 25.7 Å². The molecule has 0 aromatic heterocycles. The number of nitrogens with zero attached hydrogens (tertiary/aromatic N) is 1. The second-order valence-electron chi connectivity index (χ2n) is 4.97. The van der Waals surface area contributed by atoms with Crippen LogP contribution in [-0.2, 0) is 4.74 Å². The summed E-state index contributed by atoms with van der Waals surface area (Å²) in [6, 6.07) is -0.0645. The van der Waals surface area contributed by atoms with E-state index in [1.807, 2.05) is 6.92 Å². The van der Waals surface area contributed by atoms with Crippen molar-refractivity contribution in [1.82, 2.24) is 16.0 Å². The standard InChI is InChI=1S/C15H28N4O2/c1-6-9-17-14(16-7-2)18-11-13(10-12(4)5)19-15(20)21-8-3/h1,12-13H,7-11H2,2-5H3,(H,19,20)(H2,16,17,18). The van der Waals surface area contributed by atoms with Gasteiger partial charge in [-0.25, -0.2) is 4.79 Å². The fourth-order valence-corrected chi connectivity index (χ4v) is 1.77. The van der Waals surface area contributed by atoms with Gasteiger partial charge in [-0.3, -0.25) is 4.99 Å². The van der Waals surface area contributed by atoms with Crippen molar-refractivity contribution in [2.75, 3.05) is 26.2 Å². The van der Waals surface area contributed by atoms with Crippen molar-refractivity contribution in [3.8, 4) is 12.3 Å². The summed E-state index contributed by atoms with van der Waals surface area (Å²) in [6.45, 7) is 9.95. The summed E-state index contributed by atoms with van der Waals surface area (Å²) >= 11 is 0. The number of carbonyl (C=O) groups excluding carboxylic acids is 1. The van der Waals surface area contributed by atoms with Crippen LogP contribution in [0.4, 0.5) is 4.79 Å². The molecule has 0 aliphatic rings. The molecule has 1 amide bonds. The first-order chi connectivity index (χ1) is 10.0. The zero-order valence-corrected chi connectivity index (χ0v) is 13.5. The van der Waals surface area contributed by atoms with Gasteiger partial charge in [0.25, 0.3) is 0 Å². The highest BCUT2D eigenvalue weighted by atomic mass is 16.5. The molecule has 1 unspecified atom stereocenters. The molecule has 0 bridgehead atoms. The highest BCUT2D eigenvalue weighted by molar-refractivity contribution is 5.80. The second-order valence-corrected chi connectivity index (χ2v) is 4.97. The molecule has 0 aliphatic heterocycles. The minimum absolute atomic E-state index is 0.0645. The molecule has 1 atom stereocenters. The molecule has 0 saturated carbocycles. The summed E-state index contributed by atoms with van der Waals surface area (Å²) in [5.41, 5.74) is 0. The van der Waals surface area contributed by atoms with Gasteiger partial charge in [0.15, 0.2) is 5.96 Å². The monoisotopic (exact) mass is 296 g/mol. The Morgan fingerprint density at radius 3 is 2.57 bits per heavy atom. The van der Waals surface area contributed by atoms with Crippen LogP contribution in [0.25, 0.3) is 0 Å². The maximum Gasteiger partial charge on any atom is 0.407 e. The molecule has 0 radical (unpaired) electrons. The van der Waals surface area contributed by atoms with Crippen molar-refractivity contribution < 1.29 is 9.53 Å². The molecule has 0 spiro atoms. The Bertz CT molecular complexity index is 361. The lowest BCUT2D eigenvalue weighted by Gasteiger charge is -2.19.